The number of para-hydroxylation sites is 1. The van der Waals surface area contributed by atoms with Crippen LogP contribution in [-0.2, 0) is 4.79 Å². The van der Waals surface area contributed by atoms with Gasteiger partial charge in [0, 0.05) is 11.2 Å². The molecule has 0 saturated carbocycles. The van der Waals surface area contributed by atoms with Crippen LogP contribution in [0.2, 0.25) is 0 Å². The number of aryl methyl sites for hydroxylation is 1. The third kappa shape index (κ3) is 5.17. The number of carbonyl (C=O) groups excluding carboxylic acids is 2. The van der Waals surface area contributed by atoms with Crippen LogP contribution in [0.4, 0.5) is 5.69 Å². The molecule has 0 unspecified atom stereocenters. The van der Waals surface area contributed by atoms with E-state index < -0.39 is 0 Å². The van der Waals surface area contributed by atoms with Crippen molar-refractivity contribution >= 4 is 28.3 Å². The van der Waals surface area contributed by atoms with E-state index in [0.29, 0.717) is 11.3 Å². The van der Waals surface area contributed by atoms with Crippen molar-refractivity contribution in [1.82, 2.24) is 5.32 Å². The fraction of sp³-hybridized carbons (Fsp3) is 0.280. The quantitative estimate of drug-likeness (QED) is 0.577. The Morgan fingerprint density at radius 1 is 0.967 bits per heavy atom. The smallest absolute Gasteiger partial charge is 0.259 e. The van der Waals surface area contributed by atoms with Crippen molar-refractivity contribution in [1.29, 1.82) is 0 Å². The van der Waals surface area contributed by atoms with Gasteiger partial charge in [-0.3, -0.25) is 9.59 Å². The third-order valence-corrected chi connectivity index (χ3v) is 5.21. The summed E-state index contributed by atoms with van der Waals surface area (Å²) < 4.78 is 5.81. The van der Waals surface area contributed by atoms with Gasteiger partial charge in [-0.2, -0.15) is 0 Å². The number of benzene rings is 3. The van der Waals surface area contributed by atoms with Crippen molar-refractivity contribution in [3.63, 3.8) is 0 Å². The Hall–Kier alpha value is -3.34. The molecule has 3 aromatic carbocycles. The van der Waals surface area contributed by atoms with Crippen molar-refractivity contribution in [3.8, 4) is 5.75 Å². The first-order valence-electron chi connectivity index (χ1n) is 10.1. The number of rotatable bonds is 7. The summed E-state index contributed by atoms with van der Waals surface area (Å²) in [6, 6.07) is 18.9. The van der Waals surface area contributed by atoms with Gasteiger partial charge in [0.05, 0.1) is 5.56 Å². The van der Waals surface area contributed by atoms with Gasteiger partial charge in [-0.25, -0.2) is 0 Å². The van der Waals surface area contributed by atoms with Gasteiger partial charge in [0.15, 0.2) is 6.61 Å². The average molecular weight is 405 g/mol. The fourth-order valence-corrected chi connectivity index (χ4v) is 3.06. The van der Waals surface area contributed by atoms with E-state index in [2.05, 4.69) is 10.6 Å². The number of amides is 2. The highest BCUT2D eigenvalue weighted by Gasteiger charge is 2.20. The number of carbonyl (C=O) groups is 2. The van der Waals surface area contributed by atoms with Gasteiger partial charge >= 0.3 is 0 Å². The molecule has 0 aromatic heterocycles. The molecular formula is C25H28N2O3. The molecule has 0 atom stereocenters. The number of fused-ring (bicyclic) bond motifs is 1. The Bertz CT molecular complexity index is 1070. The molecule has 156 valence electrons. The van der Waals surface area contributed by atoms with Gasteiger partial charge in [-0.15, -0.1) is 0 Å². The van der Waals surface area contributed by atoms with Crippen LogP contribution in [0.1, 0.15) is 43.1 Å². The molecule has 0 saturated heterocycles. The van der Waals surface area contributed by atoms with Crippen LogP contribution in [0.15, 0.2) is 60.7 Å². The molecule has 3 rings (SSSR count). The Kier molecular flexibility index (Phi) is 6.40. The molecule has 0 aliphatic heterocycles. The van der Waals surface area contributed by atoms with Gasteiger partial charge in [-0.05, 0) is 61.7 Å². The van der Waals surface area contributed by atoms with E-state index in [1.54, 1.807) is 12.1 Å². The third-order valence-electron chi connectivity index (χ3n) is 5.21. The number of hydrogen-bond donors (Lipinski definition) is 2. The summed E-state index contributed by atoms with van der Waals surface area (Å²) in [4.78, 5) is 25.4. The Morgan fingerprint density at radius 3 is 2.27 bits per heavy atom. The maximum absolute atomic E-state index is 13.1. The Labute approximate surface area is 177 Å². The van der Waals surface area contributed by atoms with Gasteiger partial charge in [-0.1, -0.05) is 49.4 Å². The maximum atomic E-state index is 13.1. The normalized spacial score (nSPS) is 11.2. The summed E-state index contributed by atoms with van der Waals surface area (Å²) >= 11 is 0. The molecule has 2 N–H and O–H groups in total. The summed E-state index contributed by atoms with van der Waals surface area (Å²) in [6.07, 6.45) is 0.804. The molecule has 0 aliphatic carbocycles. The zero-order valence-electron chi connectivity index (χ0n) is 17.9. The monoisotopic (exact) mass is 404 g/mol. The molecule has 0 bridgehead atoms. The topological polar surface area (TPSA) is 67.4 Å². The predicted octanol–water partition coefficient (Wildman–Crippen LogP) is 5.08. The highest BCUT2D eigenvalue weighted by Crippen LogP contribution is 2.27. The molecule has 0 heterocycles. The van der Waals surface area contributed by atoms with Crippen molar-refractivity contribution < 1.29 is 14.3 Å². The highest BCUT2D eigenvalue weighted by atomic mass is 16.5. The second kappa shape index (κ2) is 8.99. The minimum Gasteiger partial charge on any atom is -0.483 e. The first-order chi connectivity index (χ1) is 14.3. The summed E-state index contributed by atoms with van der Waals surface area (Å²) in [5.41, 5.74) is 1.79. The molecule has 0 spiro atoms. The van der Waals surface area contributed by atoms with Gasteiger partial charge in [0.25, 0.3) is 11.8 Å². The first-order valence-corrected chi connectivity index (χ1v) is 10.1. The minimum absolute atomic E-state index is 0.160. The van der Waals surface area contributed by atoms with E-state index in [9.17, 15) is 9.59 Å². The molecule has 5 heteroatoms. The van der Waals surface area contributed by atoms with E-state index in [1.807, 2.05) is 76.2 Å². The maximum Gasteiger partial charge on any atom is 0.259 e. The number of nitrogens with one attached hydrogen (secondary N) is 2. The summed E-state index contributed by atoms with van der Waals surface area (Å²) in [5, 5.41) is 7.76. The average Bonchev–Trinajstić information content (AvgIpc) is 2.73. The number of anilines is 1. The lowest BCUT2D eigenvalue weighted by Gasteiger charge is -2.24. The van der Waals surface area contributed by atoms with Crippen molar-refractivity contribution in [3.05, 3.63) is 71.8 Å². The van der Waals surface area contributed by atoms with E-state index >= 15 is 0 Å². The van der Waals surface area contributed by atoms with Crippen LogP contribution in [0, 0.1) is 6.92 Å². The van der Waals surface area contributed by atoms with Crippen molar-refractivity contribution in [2.45, 2.75) is 39.7 Å². The summed E-state index contributed by atoms with van der Waals surface area (Å²) in [5.74, 6) is -0.121. The molecule has 3 aromatic rings. The Morgan fingerprint density at radius 2 is 1.60 bits per heavy atom. The van der Waals surface area contributed by atoms with Crippen LogP contribution in [0.5, 0.6) is 5.75 Å². The predicted molar refractivity (Wildman–Crippen MR) is 121 cm³/mol. The second-order valence-electron chi connectivity index (χ2n) is 8.04. The lowest BCUT2D eigenvalue weighted by molar-refractivity contribution is -0.124. The first kappa shape index (κ1) is 21.4. The molecule has 30 heavy (non-hydrogen) atoms. The Balaban J connectivity index is 1.87. The van der Waals surface area contributed by atoms with E-state index in [-0.39, 0.29) is 24.0 Å². The van der Waals surface area contributed by atoms with Crippen molar-refractivity contribution in [2.75, 3.05) is 11.9 Å². The van der Waals surface area contributed by atoms with Crippen LogP contribution < -0.4 is 15.4 Å². The van der Waals surface area contributed by atoms with E-state index in [1.165, 1.54) is 0 Å². The lowest BCUT2D eigenvalue weighted by Crippen LogP contribution is -2.45. The van der Waals surface area contributed by atoms with Crippen LogP contribution in [0.25, 0.3) is 10.8 Å². The largest absolute Gasteiger partial charge is 0.483 e. The van der Waals surface area contributed by atoms with Crippen LogP contribution >= 0.6 is 0 Å². The van der Waals surface area contributed by atoms with Crippen molar-refractivity contribution in [2.24, 2.45) is 0 Å². The number of hydrogen-bond acceptors (Lipinski definition) is 3. The molecular weight excluding hydrogens is 376 g/mol. The molecule has 0 fully saturated rings. The zero-order chi connectivity index (χ0) is 21.7. The van der Waals surface area contributed by atoms with E-state index in [4.69, 9.17) is 4.74 Å². The number of ether oxygens (including phenoxy) is 1. The van der Waals surface area contributed by atoms with Gasteiger partial charge < -0.3 is 15.4 Å². The lowest BCUT2D eigenvalue weighted by atomic mass is 10.0. The minimum atomic E-state index is -0.311. The van der Waals surface area contributed by atoms with Gasteiger partial charge in [0.2, 0.25) is 0 Å². The molecule has 0 radical (unpaired) electrons. The van der Waals surface area contributed by atoms with Crippen LogP contribution in [0.3, 0.4) is 0 Å². The molecule has 2 amide bonds. The molecule has 0 aliphatic rings. The summed E-state index contributed by atoms with van der Waals surface area (Å²) in [6.45, 7) is 7.71. The molecule has 5 nitrogen and oxygen atoms in total. The summed E-state index contributed by atoms with van der Waals surface area (Å²) in [7, 11) is 0. The zero-order valence-corrected chi connectivity index (χ0v) is 17.9. The fourth-order valence-electron chi connectivity index (χ4n) is 3.06. The van der Waals surface area contributed by atoms with E-state index in [0.717, 1.165) is 28.4 Å². The SMILES string of the molecule is CCC(C)(C)NC(=O)COc1cc2ccccc2cc1C(=O)Nc1ccccc1C. The standard InChI is InChI=1S/C25H28N2O3/c1-5-25(3,4)27-23(28)16-30-22-15-19-12-8-7-11-18(19)14-20(22)24(29)26-21-13-9-6-10-17(21)2/h6-15H,5,16H2,1-4H3,(H,26,29)(H,27,28). The van der Waals surface area contributed by atoms with Gasteiger partial charge in [0.1, 0.15) is 5.75 Å². The second-order valence-corrected chi connectivity index (χ2v) is 8.04. The highest BCUT2D eigenvalue weighted by molar-refractivity contribution is 6.09. The van der Waals surface area contributed by atoms with Crippen LogP contribution in [-0.4, -0.2) is 24.0 Å².